The van der Waals surface area contributed by atoms with Gasteiger partial charge in [0.25, 0.3) is 0 Å². The van der Waals surface area contributed by atoms with Crippen LogP contribution in [0, 0.1) is 0 Å². The van der Waals surface area contributed by atoms with Crippen molar-refractivity contribution in [3.8, 4) is 5.75 Å². The summed E-state index contributed by atoms with van der Waals surface area (Å²) in [5.74, 6) is -0.906. The molecule has 0 fully saturated rings. The summed E-state index contributed by atoms with van der Waals surface area (Å²) in [6.45, 7) is -0.197. The highest BCUT2D eigenvalue weighted by Crippen LogP contribution is 2.20. The van der Waals surface area contributed by atoms with Gasteiger partial charge in [0, 0.05) is 0 Å². The molecule has 0 saturated carbocycles. The van der Waals surface area contributed by atoms with Crippen molar-refractivity contribution in [2.75, 3.05) is 11.9 Å². The molecule has 8 nitrogen and oxygen atoms in total. The molecule has 17 heavy (non-hydrogen) atoms. The van der Waals surface area contributed by atoms with Crippen LogP contribution in [-0.4, -0.2) is 40.3 Å². The van der Waals surface area contributed by atoms with Gasteiger partial charge in [0.2, 0.25) is 0 Å². The summed E-state index contributed by atoms with van der Waals surface area (Å²) >= 11 is 0. The molecule has 0 aromatic heterocycles. The van der Waals surface area contributed by atoms with E-state index in [1.807, 2.05) is 0 Å². The van der Waals surface area contributed by atoms with Crippen LogP contribution in [0.2, 0.25) is 0 Å². The third-order valence-electron chi connectivity index (χ3n) is 1.33. The number of carboxylic acid groups (broad SMARTS) is 1. The number of aliphatic carboxylic acids is 1. The van der Waals surface area contributed by atoms with Crippen molar-refractivity contribution in [1.82, 2.24) is 0 Å². The topological polar surface area (TPSA) is 144 Å². The van der Waals surface area contributed by atoms with Crippen LogP contribution in [0.3, 0.4) is 0 Å². The van der Waals surface area contributed by atoms with Gasteiger partial charge in [0.05, 0.1) is 5.69 Å². The predicted molar refractivity (Wildman–Crippen MR) is 58.4 cm³/mol. The third-order valence-corrected chi connectivity index (χ3v) is 1.33. The zero-order chi connectivity index (χ0) is 13.5. The lowest BCUT2D eigenvalue weighted by Gasteiger charge is -2.04. The summed E-state index contributed by atoms with van der Waals surface area (Å²) in [7, 11) is -4.67. The van der Waals surface area contributed by atoms with Crippen LogP contribution in [0.25, 0.3) is 0 Å². The third kappa shape index (κ3) is 10.4. The number of para-hydroxylation sites is 2. The first kappa shape index (κ1) is 15.2. The standard InChI is InChI=1S/C8H9NO3.H2O4S/c10-7-4-2-1-3-6(7)9-5-8(11)12;1-5(2,3)4/h1-4,9-10H,5H2,(H,11,12);(H2,1,2,3,4). The van der Waals surface area contributed by atoms with Gasteiger partial charge in [-0.1, -0.05) is 12.1 Å². The molecule has 1 aromatic rings. The lowest BCUT2D eigenvalue weighted by molar-refractivity contribution is -0.134. The lowest BCUT2D eigenvalue weighted by Crippen LogP contribution is -2.12. The Morgan fingerprint density at radius 2 is 1.71 bits per heavy atom. The molecule has 1 rings (SSSR count). The summed E-state index contributed by atoms with van der Waals surface area (Å²) in [6.07, 6.45) is 0. The van der Waals surface area contributed by atoms with Crippen molar-refractivity contribution in [3.05, 3.63) is 24.3 Å². The van der Waals surface area contributed by atoms with Gasteiger partial charge >= 0.3 is 16.4 Å². The fourth-order valence-electron chi connectivity index (χ4n) is 0.794. The Bertz CT molecular complexity index is 463. The molecule has 0 aliphatic rings. The Kier molecular flexibility index (Phi) is 5.96. The second kappa shape index (κ2) is 6.68. The molecule has 0 bridgehead atoms. The summed E-state index contributed by atoms with van der Waals surface area (Å²) in [5, 5.41) is 20.1. The van der Waals surface area contributed by atoms with Crippen LogP contribution in [0.5, 0.6) is 5.75 Å². The molecule has 96 valence electrons. The summed E-state index contributed by atoms with van der Waals surface area (Å²) in [4.78, 5) is 10.1. The zero-order valence-electron chi connectivity index (χ0n) is 8.44. The van der Waals surface area contributed by atoms with Crippen LogP contribution in [0.15, 0.2) is 24.3 Å². The highest BCUT2D eigenvalue weighted by atomic mass is 32.3. The van der Waals surface area contributed by atoms with Crippen molar-refractivity contribution in [1.29, 1.82) is 0 Å². The predicted octanol–water partition coefficient (Wildman–Crippen LogP) is 0.236. The molecule has 0 amide bonds. The Morgan fingerprint density at radius 3 is 2.12 bits per heavy atom. The first-order chi connectivity index (χ1) is 7.70. The lowest BCUT2D eigenvalue weighted by atomic mass is 10.3. The number of phenols is 1. The Hall–Kier alpha value is -1.84. The van der Waals surface area contributed by atoms with E-state index < -0.39 is 16.4 Å². The Morgan fingerprint density at radius 1 is 1.24 bits per heavy atom. The number of carboxylic acids is 1. The SMILES string of the molecule is O=C(O)CNc1ccccc1O.O=S(=O)(O)O. The summed E-state index contributed by atoms with van der Waals surface area (Å²) in [5.41, 5.74) is 0.430. The van der Waals surface area contributed by atoms with Gasteiger partial charge in [0.15, 0.2) is 0 Å². The first-order valence-corrected chi connectivity index (χ1v) is 5.53. The van der Waals surface area contributed by atoms with E-state index in [4.69, 9.17) is 27.7 Å². The van der Waals surface area contributed by atoms with Gasteiger partial charge in [-0.05, 0) is 12.1 Å². The van der Waals surface area contributed by atoms with E-state index in [-0.39, 0.29) is 12.3 Å². The smallest absolute Gasteiger partial charge is 0.394 e. The van der Waals surface area contributed by atoms with Crippen molar-refractivity contribution in [2.45, 2.75) is 0 Å². The second-order valence-corrected chi connectivity index (χ2v) is 3.61. The largest absolute Gasteiger partial charge is 0.506 e. The van der Waals surface area contributed by atoms with Crippen LogP contribution < -0.4 is 5.32 Å². The minimum atomic E-state index is -4.67. The van der Waals surface area contributed by atoms with E-state index in [2.05, 4.69) is 5.32 Å². The average molecular weight is 265 g/mol. The number of carbonyl (C=O) groups is 1. The van der Waals surface area contributed by atoms with Gasteiger partial charge in [0.1, 0.15) is 12.3 Å². The number of rotatable bonds is 3. The minimum Gasteiger partial charge on any atom is -0.506 e. The monoisotopic (exact) mass is 265 g/mol. The van der Waals surface area contributed by atoms with E-state index in [9.17, 15) is 4.79 Å². The van der Waals surface area contributed by atoms with Crippen molar-refractivity contribution >= 4 is 22.1 Å². The fraction of sp³-hybridized carbons (Fsp3) is 0.125. The molecule has 1 aromatic carbocycles. The molecule has 0 spiro atoms. The van der Waals surface area contributed by atoms with E-state index >= 15 is 0 Å². The number of phenolic OH excluding ortho intramolecular Hbond substituents is 1. The van der Waals surface area contributed by atoms with Crippen LogP contribution in [-0.2, 0) is 15.2 Å². The maximum atomic E-state index is 10.1. The highest BCUT2D eigenvalue weighted by molar-refractivity contribution is 7.79. The number of benzene rings is 1. The molecule has 0 aliphatic carbocycles. The van der Waals surface area contributed by atoms with Gasteiger partial charge in [-0.15, -0.1) is 0 Å². The Balaban J connectivity index is 0.000000437. The number of aromatic hydroxyl groups is 1. The van der Waals surface area contributed by atoms with E-state index in [1.165, 1.54) is 6.07 Å². The molecule has 9 heteroatoms. The van der Waals surface area contributed by atoms with Crippen LogP contribution >= 0.6 is 0 Å². The van der Waals surface area contributed by atoms with Crippen LogP contribution in [0.4, 0.5) is 5.69 Å². The molecule has 0 saturated heterocycles. The van der Waals surface area contributed by atoms with Crippen LogP contribution in [0.1, 0.15) is 0 Å². The second-order valence-electron chi connectivity index (χ2n) is 2.71. The molecule has 5 N–H and O–H groups in total. The number of nitrogens with one attached hydrogen (secondary N) is 1. The Labute approximate surface area is 97.1 Å². The molecule has 0 aliphatic heterocycles. The minimum absolute atomic E-state index is 0.0544. The van der Waals surface area contributed by atoms with Gasteiger partial charge < -0.3 is 15.5 Å². The highest BCUT2D eigenvalue weighted by Gasteiger charge is 2.00. The molecule has 0 heterocycles. The summed E-state index contributed by atoms with van der Waals surface area (Å²) in [6, 6.07) is 6.48. The maximum Gasteiger partial charge on any atom is 0.394 e. The van der Waals surface area contributed by atoms with Crippen molar-refractivity contribution in [3.63, 3.8) is 0 Å². The number of hydrogen-bond donors (Lipinski definition) is 5. The molecule has 0 radical (unpaired) electrons. The normalized spacial score (nSPS) is 10.0. The van der Waals surface area contributed by atoms with E-state index in [0.29, 0.717) is 5.69 Å². The molecule has 0 unspecified atom stereocenters. The summed E-state index contributed by atoms with van der Waals surface area (Å²) < 4.78 is 31.6. The average Bonchev–Trinajstić information content (AvgIpc) is 2.13. The van der Waals surface area contributed by atoms with Crippen molar-refractivity contribution in [2.24, 2.45) is 0 Å². The van der Waals surface area contributed by atoms with Gasteiger partial charge in [-0.25, -0.2) is 0 Å². The quantitative estimate of drug-likeness (QED) is 0.386. The van der Waals surface area contributed by atoms with Gasteiger partial charge in [-0.3, -0.25) is 13.9 Å². The zero-order valence-corrected chi connectivity index (χ0v) is 9.25. The van der Waals surface area contributed by atoms with E-state index in [1.54, 1.807) is 18.2 Å². The molecule has 0 atom stereocenters. The molecular weight excluding hydrogens is 254 g/mol. The fourth-order valence-corrected chi connectivity index (χ4v) is 0.794. The molecular formula is C8H11NO7S. The van der Waals surface area contributed by atoms with Gasteiger partial charge in [-0.2, -0.15) is 8.42 Å². The van der Waals surface area contributed by atoms with Crippen molar-refractivity contribution < 1.29 is 32.5 Å². The van der Waals surface area contributed by atoms with E-state index in [0.717, 1.165) is 0 Å². The maximum absolute atomic E-state index is 10.1. The number of anilines is 1. The first-order valence-electron chi connectivity index (χ1n) is 4.13. The number of hydrogen-bond acceptors (Lipinski definition) is 5.